The van der Waals surface area contributed by atoms with Gasteiger partial charge in [-0.25, -0.2) is 0 Å². The first-order valence-corrected chi connectivity index (χ1v) is 11.6. The molecule has 1 fully saturated rings. The van der Waals surface area contributed by atoms with E-state index in [4.69, 9.17) is 27.9 Å². The first-order chi connectivity index (χ1) is 14.7. The molecule has 4 rings (SSSR count). The molecule has 3 aliphatic rings. The minimum atomic E-state index is -1.63. The van der Waals surface area contributed by atoms with Crippen molar-refractivity contribution in [3.63, 3.8) is 0 Å². The van der Waals surface area contributed by atoms with Crippen LogP contribution >= 0.6 is 23.2 Å². The zero-order valence-corrected chi connectivity index (χ0v) is 20.2. The number of carbonyl (C=O) groups is 2. The standard InChI is InChI=1S/C25H28Cl2O5/c1-12-6-7-18(26)23(2,3)16(12)11-25-15(10-19(27)24(4,5)32-25)21(30)20-14(22(25)31)8-13(28)9-17(20)29/h8-10,16,18-19,28-29H,1,6-7,11H2,2-5H3/t16?,18?,19-,25-/m1/s1. The number of alkyl halides is 2. The Morgan fingerprint density at radius 3 is 2.47 bits per heavy atom. The lowest BCUT2D eigenvalue weighted by Gasteiger charge is -2.52. The number of ketones is 2. The molecule has 1 aliphatic heterocycles. The SMILES string of the molecule is C=C1CCC(Cl)C(C)(C)C1C[C@@]12OC(C)(C)[C@H](Cl)C=C1C(=O)c1c(O)cc(O)cc1C2=O. The summed E-state index contributed by atoms with van der Waals surface area (Å²) < 4.78 is 6.46. The summed E-state index contributed by atoms with van der Waals surface area (Å²) in [7, 11) is 0. The smallest absolute Gasteiger partial charge is 0.200 e. The maximum absolute atomic E-state index is 14.0. The number of rotatable bonds is 2. The van der Waals surface area contributed by atoms with E-state index in [2.05, 4.69) is 6.58 Å². The molecule has 7 heteroatoms. The van der Waals surface area contributed by atoms with Gasteiger partial charge in [0.2, 0.25) is 0 Å². The lowest BCUT2D eigenvalue weighted by Crippen LogP contribution is -2.60. The van der Waals surface area contributed by atoms with Crippen LogP contribution in [0.15, 0.2) is 35.9 Å². The molecule has 2 N–H and O–H groups in total. The van der Waals surface area contributed by atoms with Crippen LogP contribution in [0, 0.1) is 11.3 Å². The van der Waals surface area contributed by atoms with Gasteiger partial charge in [0.05, 0.1) is 16.5 Å². The number of halogens is 2. The molecule has 0 amide bonds. The van der Waals surface area contributed by atoms with E-state index in [-0.39, 0.29) is 40.2 Å². The van der Waals surface area contributed by atoms with Crippen molar-refractivity contribution in [2.45, 2.75) is 68.9 Å². The van der Waals surface area contributed by atoms with Gasteiger partial charge < -0.3 is 14.9 Å². The van der Waals surface area contributed by atoms with Crippen molar-refractivity contribution >= 4 is 34.8 Å². The fraction of sp³-hybridized carbons (Fsp3) is 0.520. The molecular formula is C25H28Cl2O5. The van der Waals surface area contributed by atoms with Crippen molar-refractivity contribution in [2.75, 3.05) is 0 Å². The number of ether oxygens (including phenoxy) is 1. The van der Waals surface area contributed by atoms with Gasteiger partial charge in [0.15, 0.2) is 17.2 Å². The van der Waals surface area contributed by atoms with Crippen LogP contribution in [0.5, 0.6) is 11.5 Å². The lowest BCUT2D eigenvalue weighted by atomic mass is 9.59. The minimum absolute atomic E-state index is 0.0601. The third-order valence-corrected chi connectivity index (χ3v) is 8.88. The van der Waals surface area contributed by atoms with Gasteiger partial charge in [0, 0.05) is 22.6 Å². The number of hydrogen-bond acceptors (Lipinski definition) is 5. The van der Waals surface area contributed by atoms with E-state index in [1.54, 1.807) is 19.9 Å². The Bertz CT molecular complexity index is 1070. The summed E-state index contributed by atoms with van der Waals surface area (Å²) >= 11 is 13.2. The van der Waals surface area contributed by atoms with E-state index >= 15 is 0 Å². The molecule has 0 aromatic heterocycles. The van der Waals surface area contributed by atoms with Crippen LogP contribution in [0.4, 0.5) is 0 Å². The van der Waals surface area contributed by atoms with Gasteiger partial charge in [-0.15, -0.1) is 23.2 Å². The van der Waals surface area contributed by atoms with Gasteiger partial charge in [-0.1, -0.05) is 32.1 Å². The van der Waals surface area contributed by atoms with Gasteiger partial charge in [-0.2, -0.15) is 0 Å². The van der Waals surface area contributed by atoms with E-state index in [9.17, 15) is 19.8 Å². The molecule has 0 spiro atoms. The summed E-state index contributed by atoms with van der Waals surface area (Å²) in [5.74, 6) is -1.97. The maximum Gasteiger partial charge on any atom is 0.200 e. The van der Waals surface area contributed by atoms with Crippen LogP contribution in [0.3, 0.4) is 0 Å². The van der Waals surface area contributed by atoms with Gasteiger partial charge in [-0.3, -0.25) is 9.59 Å². The number of carbonyl (C=O) groups excluding carboxylic acids is 2. The number of phenols is 2. The summed E-state index contributed by atoms with van der Waals surface area (Å²) in [4.78, 5) is 27.6. The van der Waals surface area contributed by atoms with Crippen molar-refractivity contribution < 1.29 is 24.5 Å². The molecule has 5 nitrogen and oxygen atoms in total. The molecule has 1 saturated carbocycles. The van der Waals surface area contributed by atoms with Crippen LogP contribution in [0.2, 0.25) is 0 Å². The summed E-state index contributed by atoms with van der Waals surface area (Å²) in [6.07, 6.45) is 3.25. The topological polar surface area (TPSA) is 83.8 Å². The third kappa shape index (κ3) is 3.24. The Morgan fingerprint density at radius 1 is 1.16 bits per heavy atom. The predicted octanol–water partition coefficient (Wildman–Crippen LogP) is 5.55. The number of allylic oxidation sites excluding steroid dienone is 1. The second-order valence-electron chi connectivity index (χ2n) is 10.3. The highest BCUT2D eigenvalue weighted by molar-refractivity contribution is 6.30. The second kappa shape index (κ2) is 7.34. The van der Waals surface area contributed by atoms with Crippen molar-refractivity contribution in [1.82, 2.24) is 0 Å². The fourth-order valence-corrected chi connectivity index (χ4v) is 5.83. The third-order valence-electron chi connectivity index (χ3n) is 7.44. The fourth-order valence-electron chi connectivity index (χ4n) is 5.39. The zero-order chi connectivity index (χ0) is 23.8. The largest absolute Gasteiger partial charge is 0.508 e. The molecule has 32 heavy (non-hydrogen) atoms. The van der Waals surface area contributed by atoms with Crippen LogP contribution in [-0.4, -0.2) is 43.7 Å². The average Bonchev–Trinajstić information content (AvgIpc) is 2.68. The Morgan fingerprint density at radius 2 is 1.81 bits per heavy atom. The van der Waals surface area contributed by atoms with Gasteiger partial charge in [-0.05, 0) is 50.5 Å². The summed E-state index contributed by atoms with van der Waals surface area (Å²) in [5, 5.41) is 19.6. The highest BCUT2D eigenvalue weighted by Gasteiger charge is 2.60. The van der Waals surface area contributed by atoms with Gasteiger partial charge >= 0.3 is 0 Å². The van der Waals surface area contributed by atoms with Gasteiger partial charge in [0.25, 0.3) is 0 Å². The minimum Gasteiger partial charge on any atom is -0.508 e. The van der Waals surface area contributed by atoms with Crippen LogP contribution < -0.4 is 0 Å². The highest BCUT2D eigenvalue weighted by atomic mass is 35.5. The molecule has 2 unspecified atom stereocenters. The molecular weight excluding hydrogens is 451 g/mol. The van der Waals surface area contributed by atoms with E-state index in [1.165, 1.54) is 6.07 Å². The first-order valence-electron chi connectivity index (χ1n) is 10.8. The molecule has 0 radical (unpaired) electrons. The Balaban J connectivity index is 1.95. The van der Waals surface area contributed by atoms with E-state index in [0.717, 1.165) is 24.5 Å². The van der Waals surface area contributed by atoms with Gasteiger partial charge in [0.1, 0.15) is 11.5 Å². The number of aromatic hydroxyl groups is 2. The number of Topliss-reactive ketones (excluding diaryl/α,β-unsaturated/α-hetero) is 2. The molecule has 172 valence electrons. The zero-order valence-electron chi connectivity index (χ0n) is 18.7. The maximum atomic E-state index is 14.0. The number of phenolic OH excluding ortho intramolecular Hbond substituents is 2. The lowest BCUT2D eigenvalue weighted by molar-refractivity contribution is -0.116. The van der Waals surface area contributed by atoms with Crippen molar-refractivity contribution in [3.05, 3.63) is 47.1 Å². The van der Waals surface area contributed by atoms with Crippen molar-refractivity contribution in [2.24, 2.45) is 11.3 Å². The van der Waals surface area contributed by atoms with E-state index in [0.29, 0.717) is 0 Å². The molecule has 2 aliphatic carbocycles. The Hall–Kier alpha value is -1.82. The monoisotopic (exact) mass is 478 g/mol. The first kappa shape index (κ1) is 23.3. The Kier molecular flexibility index (Phi) is 5.36. The van der Waals surface area contributed by atoms with Crippen molar-refractivity contribution in [3.8, 4) is 11.5 Å². The quantitative estimate of drug-likeness (QED) is 0.430. The highest BCUT2D eigenvalue weighted by Crippen LogP contribution is 2.55. The summed E-state index contributed by atoms with van der Waals surface area (Å²) in [5.41, 5.74) is -2.09. The van der Waals surface area contributed by atoms with Crippen LogP contribution in [0.1, 0.15) is 67.7 Å². The summed E-state index contributed by atoms with van der Waals surface area (Å²) in [6, 6.07) is 2.26. The number of hydrogen-bond donors (Lipinski definition) is 2. The van der Waals surface area contributed by atoms with E-state index < -0.39 is 39.3 Å². The number of fused-ring (bicyclic) bond motifs is 2. The normalized spacial score (nSPS) is 33.4. The van der Waals surface area contributed by atoms with E-state index in [1.807, 2.05) is 13.8 Å². The molecule has 1 aromatic carbocycles. The Labute approximate surface area is 198 Å². The van der Waals surface area contributed by atoms with Crippen LogP contribution in [0.25, 0.3) is 0 Å². The van der Waals surface area contributed by atoms with Crippen molar-refractivity contribution in [1.29, 1.82) is 0 Å². The average molecular weight is 479 g/mol. The molecule has 4 atom stereocenters. The molecule has 1 heterocycles. The molecule has 0 bridgehead atoms. The summed E-state index contributed by atoms with van der Waals surface area (Å²) in [6.45, 7) is 11.9. The predicted molar refractivity (Wildman–Crippen MR) is 124 cm³/mol. The molecule has 0 saturated heterocycles. The second-order valence-corrected chi connectivity index (χ2v) is 11.3. The molecule has 1 aromatic rings. The number of benzene rings is 1. The van der Waals surface area contributed by atoms with Crippen LogP contribution in [-0.2, 0) is 4.74 Å².